The molecule has 3 fully saturated rings. The SMILES string of the molecule is Nc1nc(C(=NOC(c2ccccc2)(c2ccccc2)c2ccccc2)C(=O)N[C@@H]2C(=O)N3C(C(=O)O)=C(C(CC4CCNCC4)=C4CCNC4=O)CS[C@H]23)cs1. The highest BCUT2D eigenvalue weighted by Gasteiger charge is 2.55. The summed E-state index contributed by atoms with van der Waals surface area (Å²) < 4.78 is 0. The van der Waals surface area contributed by atoms with E-state index in [4.69, 9.17) is 10.6 Å². The lowest BCUT2D eigenvalue weighted by Gasteiger charge is -2.49. The lowest BCUT2D eigenvalue weighted by Crippen LogP contribution is -2.71. The number of carbonyl (C=O) groups is 4. The number of nitrogens with zero attached hydrogens (tertiary/aromatic N) is 3. The van der Waals surface area contributed by atoms with Crippen molar-refractivity contribution < 1.29 is 29.1 Å². The third kappa shape index (κ3) is 7.33. The standard InChI is InChI=1S/C42H41N7O6S2/c43-41-46-32(24-57-41)33(48-55-42(26-10-4-1-5-11-26,27-12-6-2-7-13-27)28-14-8-3-9-15-28)37(51)47-34-38(52)49-35(40(53)54)31(23-56-39(34)49)30(29-18-21-45-36(29)50)22-25-16-19-44-20-17-25/h1-15,24-25,34,39,44H,16-23H2,(H2,43,46)(H,45,50)(H,47,51)(H,53,54)/t34-,39-/m1/s1. The molecule has 0 aliphatic carbocycles. The molecule has 4 aliphatic rings. The summed E-state index contributed by atoms with van der Waals surface area (Å²) >= 11 is 2.48. The van der Waals surface area contributed by atoms with Gasteiger partial charge in [0.05, 0.1) is 0 Å². The van der Waals surface area contributed by atoms with E-state index in [1.165, 1.54) is 16.7 Å². The second kappa shape index (κ2) is 16.4. The normalized spacial score (nSPS) is 21.1. The van der Waals surface area contributed by atoms with Crippen molar-refractivity contribution in [1.29, 1.82) is 0 Å². The van der Waals surface area contributed by atoms with Gasteiger partial charge in [0.15, 0.2) is 10.8 Å². The molecular weight excluding hydrogens is 763 g/mol. The summed E-state index contributed by atoms with van der Waals surface area (Å²) in [5.41, 5.74) is 8.55. The Morgan fingerprint density at radius 2 is 1.56 bits per heavy atom. The number of fused-ring (bicyclic) bond motifs is 1. The number of carboxylic acids is 1. The summed E-state index contributed by atoms with van der Waals surface area (Å²) in [5.74, 6) is -2.26. The predicted octanol–water partition coefficient (Wildman–Crippen LogP) is 4.38. The number of piperidine rings is 1. The lowest BCUT2D eigenvalue weighted by molar-refractivity contribution is -0.150. The number of carbonyl (C=O) groups excluding carboxylic acids is 3. The van der Waals surface area contributed by atoms with Crippen molar-refractivity contribution in [2.24, 2.45) is 11.1 Å². The second-order valence-electron chi connectivity index (χ2n) is 14.2. The number of aromatic nitrogens is 1. The first-order valence-electron chi connectivity index (χ1n) is 18.8. The van der Waals surface area contributed by atoms with Gasteiger partial charge >= 0.3 is 5.97 Å². The second-order valence-corrected chi connectivity index (χ2v) is 16.2. The quantitative estimate of drug-likeness (QED) is 0.0452. The summed E-state index contributed by atoms with van der Waals surface area (Å²) in [5, 5.41) is 25.3. The molecule has 4 aromatic rings. The molecule has 5 heterocycles. The number of thiazole rings is 1. The Kier molecular flexibility index (Phi) is 10.9. The number of nitrogen functional groups attached to an aromatic ring is 1. The number of allylic oxidation sites excluding steroid dienone is 1. The van der Waals surface area contributed by atoms with Crippen molar-refractivity contribution in [2.75, 3.05) is 31.1 Å². The zero-order valence-electron chi connectivity index (χ0n) is 30.9. The van der Waals surface area contributed by atoms with Crippen LogP contribution in [-0.4, -0.2) is 81.2 Å². The van der Waals surface area contributed by atoms with Crippen LogP contribution < -0.4 is 21.7 Å². The van der Waals surface area contributed by atoms with Crippen LogP contribution in [0.2, 0.25) is 0 Å². The van der Waals surface area contributed by atoms with Crippen LogP contribution in [0.3, 0.4) is 0 Å². The molecule has 0 bridgehead atoms. The number of nitrogens with one attached hydrogen (secondary N) is 3. The summed E-state index contributed by atoms with van der Waals surface area (Å²) in [6, 6.07) is 27.6. The van der Waals surface area contributed by atoms with E-state index in [0.29, 0.717) is 36.1 Å². The van der Waals surface area contributed by atoms with Gasteiger partial charge in [-0.1, -0.05) is 96.2 Å². The summed E-state index contributed by atoms with van der Waals surface area (Å²) in [7, 11) is 0. The van der Waals surface area contributed by atoms with Gasteiger partial charge in [-0.3, -0.25) is 19.3 Å². The number of oxime groups is 1. The van der Waals surface area contributed by atoms with Crippen molar-refractivity contribution in [3.05, 3.63) is 141 Å². The molecule has 3 saturated heterocycles. The Hall–Kier alpha value is -5.77. The molecule has 0 spiro atoms. The van der Waals surface area contributed by atoms with Gasteiger partial charge in [-0.05, 0) is 55.8 Å². The van der Waals surface area contributed by atoms with Gasteiger partial charge in [-0.25, -0.2) is 9.78 Å². The third-order valence-corrected chi connectivity index (χ3v) is 12.8. The number of carboxylic acid groups (broad SMARTS) is 1. The maximum atomic E-state index is 14.4. The van der Waals surface area contributed by atoms with E-state index in [0.717, 1.165) is 54.0 Å². The molecule has 57 heavy (non-hydrogen) atoms. The van der Waals surface area contributed by atoms with Gasteiger partial charge in [-0.15, -0.1) is 23.1 Å². The minimum atomic E-state index is -1.31. The van der Waals surface area contributed by atoms with E-state index in [1.807, 2.05) is 91.0 Å². The highest BCUT2D eigenvalue weighted by Crippen LogP contribution is 2.45. The largest absolute Gasteiger partial charge is 0.477 e. The number of β-lactam (4-membered cyclic amide) rings is 1. The van der Waals surface area contributed by atoms with Crippen LogP contribution in [0.4, 0.5) is 5.13 Å². The van der Waals surface area contributed by atoms with E-state index in [9.17, 15) is 24.3 Å². The minimum Gasteiger partial charge on any atom is -0.477 e. The molecule has 3 amide bonds. The molecule has 6 N–H and O–H groups in total. The number of anilines is 1. The fourth-order valence-corrected chi connectivity index (χ4v) is 9.99. The molecule has 3 aromatic carbocycles. The van der Waals surface area contributed by atoms with Gasteiger partial charge in [0.2, 0.25) is 11.5 Å². The van der Waals surface area contributed by atoms with Crippen LogP contribution in [0, 0.1) is 5.92 Å². The maximum Gasteiger partial charge on any atom is 0.352 e. The average molecular weight is 804 g/mol. The number of benzene rings is 3. The van der Waals surface area contributed by atoms with Gasteiger partial charge in [0.25, 0.3) is 11.8 Å². The summed E-state index contributed by atoms with van der Waals surface area (Å²) in [6.07, 6.45) is 2.85. The van der Waals surface area contributed by atoms with Crippen molar-refractivity contribution in [1.82, 2.24) is 25.8 Å². The molecule has 1 aromatic heterocycles. The Morgan fingerprint density at radius 1 is 0.947 bits per heavy atom. The minimum absolute atomic E-state index is 0.145. The Balaban J connectivity index is 1.13. The van der Waals surface area contributed by atoms with Crippen molar-refractivity contribution in [2.45, 2.75) is 42.7 Å². The highest BCUT2D eigenvalue weighted by molar-refractivity contribution is 8.00. The van der Waals surface area contributed by atoms with Gasteiger partial charge < -0.3 is 31.6 Å². The summed E-state index contributed by atoms with van der Waals surface area (Å²) in [4.78, 5) is 66.6. The number of thioether (sulfide) groups is 1. The molecule has 15 heteroatoms. The van der Waals surface area contributed by atoms with Crippen LogP contribution >= 0.6 is 23.1 Å². The van der Waals surface area contributed by atoms with E-state index < -0.39 is 34.8 Å². The van der Waals surface area contributed by atoms with Crippen LogP contribution in [0.15, 0.2) is 124 Å². The fraction of sp³-hybridized carbons (Fsp3) is 0.286. The van der Waals surface area contributed by atoms with Crippen molar-refractivity contribution in [3.63, 3.8) is 0 Å². The third-order valence-electron chi connectivity index (χ3n) is 10.9. The average Bonchev–Trinajstić information content (AvgIpc) is 3.88. The van der Waals surface area contributed by atoms with E-state index >= 15 is 0 Å². The zero-order valence-corrected chi connectivity index (χ0v) is 32.5. The molecule has 292 valence electrons. The maximum absolute atomic E-state index is 14.4. The Bertz CT molecular complexity index is 2180. The molecule has 0 radical (unpaired) electrons. The molecular formula is C42H41N7O6S2. The Labute approximate surface area is 337 Å². The van der Waals surface area contributed by atoms with Gasteiger partial charge in [0.1, 0.15) is 22.8 Å². The molecule has 13 nitrogen and oxygen atoms in total. The van der Waals surface area contributed by atoms with Gasteiger partial charge in [0, 0.05) is 39.9 Å². The first kappa shape index (κ1) is 38.1. The summed E-state index contributed by atoms with van der Waals surface area (Å²) in [6.45, 7) is 2.18. The molecule has 0 unspecified atom stereocenters. The van der Waals surface area contributed by atoms with Gasteiger partial charge in [-0.2, -0.15) is 0 Å². The van der Waals surface area contributed by atoms with E-state index in [2.05, 4.69) is 26.1 Å². The molecule has 0 saturated carbocycles. The number of nitrogens with two attached hydrogens (primary N) is 1. The number of hydrogen-bond acceptors (Lipinski definition) is 11. The first-order chi connectivity index (χ1) is 27.8. The van der Waals surface area contributed by atoms with E-state index in [1.54, 1.807) is 5.38 Å². The van der Waals surface area contributed by atoms with Crippen molar-refractivity contribution in [3.8, 4) is 0 Å². The highest BCUT2D eigenvalue weighted by atomic mass is 32.2. The Morgan fingerprint density at radius 3 is 2.09 bits per heavy atom. The van der Waals surface area contributed by atoms with Crippen LogP contribution in [-0.2, 0) is 29.6 Å². The fourth-order valence-electron chi connectivity index (χ4n) is 8.06. The molecule has 2 atom stereocenters. The van der Waals surface area contributed by atoms with Crippen LogP contribution in [0.5, 0.6) is 0 Å². The lowest BCUT2D eigenvalue weighted by atomic mass is 9.80. The predicted molar refractivity (Wildman–Crippen MR) is 218 cm³/mol. The monoisotopic (exact) mass is 803 g/mol. The number of rotatable bonds is 12. The topological polar surface area (TPSA) is 188 Å². The number of aliphatic carboxylic acids is 1. The molecule has 4 aliphatic heterocycles. The number of hydrogen-bond donors (Lipinski definition) is 5. The number of amides is 3. The van der Waals surface area contributed by atoms with Crippen LogP contribution in [0.1, 0.15) is 48.1 Å². The molecule has 8 rings (SSSR count). The first-order valence-corrected chi connectivity index (χ1v) is 20.8. The zero-order chi connectivity index (χ0) is 39.5. The van der Waals surface area contributed by atoms with E-state index in [-0.39, 0.29) is 39.8 Å². The smallest absolute Gasteiger partial charge is 0.352 e. The van der Waals surface area contributed by atoms with Crippen molar-refractivity contribution >= 4 is 57.6 Å². The van der Waals surface area contributed by atoms with Crippen LogP contribution in [0.25, 0.3) is 0 Å².